The quantitative estimate of drug-likeness (QED) is 0.770. The lowest BCUT2D eigenvalue weighted by molar-refractivity contribution is -0.284. The molecule has 0 spiro atoms. The van der Waals surface area contributed by atoms with Crippen LogP contribution in [-0.2, 0) is 11.3 Å². The average Bonchev–Trinajstić information content (AvgIpc) is 2.60. The molecule has 0 N–H and O–H groups in total. The summed E-state index contributed by atoms with van der Waals surface area (Å²) in [5, 5.41) is 0. The fraction of sp³-hybridized carbons (Fsp3) is 0.600. The Balaban J connectivity index is 2.50. The highest BCUT2D eigenvalue weighted by molar-refractivity contribution is 5.78. The van der Waals surface area contributed by atoms with E-state index in [0.717, 1.165) is 0 Å². The molecule has 1 aromatic heterocycles. The first-order chi connectivity index (χ1) is 8.13. The van der Waals surface area contributed by atoms with Gasteiger partial charge < -0.3 is 4.57 Å². The minimum atomic E-state index is -5.61. The van der Waals surface area contributed by atoms with Crippen LogP contribution < -0.4 is 0 Å². The third kappa shape index (κ3) is 3.51. The van der Waals surface area contributed by atoms with E-state index in [1.54, 1.807) is 6.92 Å². The molecular formula is C10H11F5N2O. The van der Waals surface area contributed by atoms with Crippen molar-refractivity contribution in [2.24, 2.45) is 0 Å². The van der Waals surface area contributed by atoms with E-state index in [9.17, 15) is 26.7 Å². The maximum Gasteiger partial charge on any atom is 0.453 e. The van der Waals surface area contributed by atoms with Crippen molar-refractivity contribution in [3.05, 3.63) is 18.2 Å². The highest BCUT2D eigenvalue weighted by atomic mass is 19.3. The molecule has 0 saturated heterocycles. The summed E-state index contributed by atoms with van der Waals surface area (Å²) in [6.45, 7) is 1.34. The van der Waals surface area contributed by atoms with Gasteiger partial charge in [0.2, 0.25) is 0 Å². The van der Waals surface area contributed by atoms with Crippen LogP contribution in [0, 0.1) is 6.92 Å². The Morgan fingerprint density at radius 3 is 2.39 bits per heavy atom. The first kappa shape index (κ1) is 14.6. The number of nitrogens with zero attached hydrogens (tertiary/aromatic N) is 2. The Hall–Kier alpha value is -1.47. The number of ketones is 1. The predicted octanol–water partition coefficient (Wildman–Crippen LogP) is 2.74. The molecule has 0 aromatic carbocycles. The first-order valence-electron chi connectivity index (χ1n) is 5.07. The molecule has 0 radical (unpaired) electrons. The van der Waals surface area contributed by atoms with Gasteiger partial charge in [-0.2, -0.15) is 22.0 Å². The van der Waals surface area contributed by atoms with Crippen molar-refractivity contribution >= 4 is 5.78 Å². The number of rotatable bonds is 5. The van der Waals surface area contributed by atoms with Crippen LogP contribution in [0.5, 0.6) is 0 Å². The van der Waals surface area contributed by atoms with Crippen LogP contribution in [0.4, 0.5) is 22.0 Å². The van der Waals surface area contributed by atoms with Gasteiger partial charge in [-0.1, -0.05) is 0 Å². The van der Waals surface area contributed by atoms with Gasteiger partial charge in [0.15, 0.2) is 5.78 Å². The number of imidazole rings is 1. The number of halogens is 5. The van der Waals surface area contributed by atoms with Crippen molar-refractivity contribution in [2.45, 2.75) is 38.4 Å². The van der Waals surface area contributed by atoms with E-state index < -0.39 is 30.7 Å². The summed E-state index contributed by atoms with van der Waals surface area (Å²) < 4.78 is 62.0. The van der Waals surface area contributed by atoms with Crippen molar-refractivity contribution in [1.29, 1.82) is 0 Å². The summed E-state index contributed by atoms with van der Waals surface area (Å²) >= 11 is 0. The van der Waals surface area contributed by atoms with Crippen LogP contribution in [0.15, 0.2) is 12.4 Å². The molecule has 0 amide bonds. The molecule has 8 heteroatoms. The number of alkyl halides is 5. The van der Waals surface area contributed by atoms with Gasteiger partial charge in [-0.15, -0.1) is 0 Å². The molecule has 0 aliphatic heterocycles. The first-order valence-corrected chi connectivity index (χ1v) is 5.07. The number of carbonyl (C=O) groups excluding carboxylic acids is 1. The molecular weight excluding hydrogens is 258 g/mol. The fourth-order valence-corrected chi connectivity index (χ4v) is 1.28. The lowest BCUT2D eigenvalue weighted by atomic mass is 10.1. The van der Waals surface area contributed by atoms with Crippen LogP contribution in [0.25, 0.3) is 0 Å². The minimum Gasteiger partial charge on any atom is -0.328 e. The second-order valence-electron chi connectivity index (χ2n) is 3.84. The number of hydrogen-bond donors (Lipinski definition) is 0. The average molecular weight is 269 g/mol. The SMILES string of the molecule is Cc1nccn1CC(=O)CCC(F)(F)C(F)(F)[18F]. The van der Waals surface area contributed by atoms with Crippen LogP contribution in [0.2, 0.25) is 0 Å². The molecule has 0 unspecified atom stereocenters. The highest BCUT2D eigenvalue weighted by Gasteiger charge is 2.56. The molecule has 0 fully saturated rings. The second kappa shape index (κ2) is 5.03. The van der Waals surface area contributed by atoms with Gasteiger partial charge in [0.25, 0.3) is 0 Å². The van der Waals surface area contributed by atoms with Crippen molar-refractivity contribution in [1.82, 2.24) is 9.55 Å². The van der Waals surface area contributed by atoms with Gasteiger partial charge in [-0.05, 0) is 6.92 Å². The number of aromatic nitrogens is 2. The van der Waals surface area contributed by atoms with E-state index in [2.05, 4.69) is 4.98 Å². The molecule has 1 aromatic rings. The molecule has 3 nitrogen and oxygen atoms in total. The largest absolute Gasteiger partial charge is 0.453 e. The van der Waals surface area contributed by atoms with Gasteiger partial charge >= 0.3 is 12.1 Å². The summed E-state index contributed by atoms with van der Waals surface area (Å²) in [6.07, 6.45) is -5.10. The Morgan fingerprint density at radius 1 is 1.33 bits per heavy atom. The molecule has 1 heterocycles. The Labute approximate surface area is 99.6 Å². The molecule has 0 saturated carbocycles. The van der Waals surface area contributed by atoms with E-state index in [4.69, 9.17) is 0 Å². The summed E-state index contributed by atoms with van der Waals surface area (Å²) in [4.78, 5) is 15.1. The normalized spacial score (nSPS) is 12.8. The predicted molar refractivity (Wildman–Crippen MR) is 52.2 cm³/mol. The second-order valence-corrected chi connectivity index (χ2v) is 3.84. The molecule has 0 bridgehead atoms. The van der Waals surface area contributed by atoms with Crippen molar-refractivity contribution in [3.8, 4) is 0 Å². The maximum atomic E-state index is 12.6. The molecule has 0 aliphatic rings. The summed E-state index contributed by atoms with van der Waals surface area (Å²) in [5.41, 5.74) is 0. The lowest BCUT2D eigenvalue weighted by Crippen LogP contribution is -2.36. The zero-order valence-electron chi connectivity index (χ0n) is 9.47. The lowest BCUT2D eigenvalue weighted by Gasteiger charge is -2.18. The van der Waals surface area contributed by atoms with Gasteiger partial charge in [0, 0.05) is 25.2 Å². The third-order valence-electron chi connectivity index (χ3n) is 2.40. The standard InChI is InChI=1S/C10H11F5N2O/c1-7-16-4-5-17(7)6-8(18)2-3-9(11,12)10(13,14)15/h4-5H,2-3,6H2,1H3/i13-1. The van der Waals surface area contributed by atoms with E-state index in [1.165, 1.54) is 17.0 Å². The summed E-state index contributed by atoms with van der Waals surface area (Å²) in [5.74, 6) is -5.03. The highest BCUT2D eigenvalue weighted by Crippen LogP contribution is 2.38. The molecule has 102 valence electrons. The van der Waals surface area contributed by atoms with Crippen molar-refractivity contribution in [3.63, 3.8) is 0 Å². The van der Waals surface area contributed by atoms with Crippen LogP contribution in [0.3, 0.4) is 0 Å². The Kier molecular flexibility index (Phi) is 4.08. The van der Waals surface area contributed by atoms with Gasteiger partial charge in [0.1, 0.15) is 5.82 Å². The van der Waals surface area contributed by atoms with E-state index in [0.29, 0.717) is 5.82 Å². The number of Topliss-reactive ketones (excluding diaryl/α,β-unsaturated/α-hetero) is 1. The number of carbonyl (C=O) groups is 1. The minimum absolute atomic E-state index is 0.250. The van der Waals surface area contributed by atoms with Gasteiger partial charge in [0.05, 0.1) is 6.54 Å². The Bertz CT molecular complexity index is 424. The molecule has 1 rings (SSSR count). The maximum absolute atomic E-state index is 12.6. The van der Waals surface area contributed by atoms with Crippen LogP contribution in [-0.4, -0.2) is 27.4 Å². The van der Waals surface area contributed by atoms with E-state index in [1.807, 2.05) is 0 Å². The molecule has 0 aliphatic carbocycles. The van der Waals surface area contributed by atoms with Crippen LogP contribution in [0.1, 0.15) is 18.7 Å². The zero-order chi connectivity index (χ0) is 14.0. The molecule has 18 heavy (non-hydrogen) atoms. The Morgan fingerprint density at radius 2 is 1.94 bits per heavy atom. The summed E-state index contributed by atoms with van der Waals surface area (Å²) in [7, 11) is 0. The fourth-order valence-electron chi connectivity index (χ4n) is 1.28. The smallest absolute Gasteiger partial charge is 0.328 e. The number of hydrogen-bond acceptors (Lipinski definition) is 2. The molecule has 0 atom stereocenters. The topological polar surface area (TPSA) is 34.9 Å². The van der Waals surface area contributed by atoms with E-state index >= 15 is 0 Å². The van der Waals surface area contributed by atoms with Crippen molar-refractivity contribution in [2.75, 3.05) is 0 Å². The van der Waals surface area contributed by atoms with Crippen molar-refractivity contribution < 1.29 is 26.7 Å². The van der Waals surface area contributed by atoms with Gasteiger partial charge in [-0.25, -0.2) is 4.98 Å². The van der Waals surface area contributed by atoms with E-state index in [-0.39, 0.29) is 6.54 Å². The summed E-state index contributed by atoms with van der Waals surface area (Å²) in [6, 6.07) is 0. The van der Waals surface area contributed by atoms with Gasteiger partial charge in [-0.3, -0.25) is 4.79 Å². The van der Waals surface area contributed by atoms with Crippen LogP contribution >= 0.6 is 0 Å². The third-order valence-corrected chi connectivity index (χ3v) is 2.40. The zero-order valence-corrected chi connectivity index (χ0v) is 9.47. The number of aryl methyl sites for hydroxylation is 1. The monoisotopic (exact) mass is 269 g/mol.